The van der Waals surface area contributed by atoms with E-state index in [1.807, 2.05) is 24.3 Å². The van der Waals surface area contributed by atoms with E-state index in [9.17, 15) is 0 Å². The molecule has 0 fully saturated rings. The second kappa shape index (κ2) is 8.48. The summed E-state index contributed by atoms with van der Waals surface area (Å²) in [7, 11) is 0. The molecule has 0 spiro atoms. The molecule has 1 heterocycles. The number of hydrogen-bond donors (Lipinski definition) is 2. The zero-order chi connectivity index (χ0) is 18.4. The van der Waals surface area contributed by atoms with Crippen molar-refractivity contribution in [2.75, 3.05) is 17.2 Å². The smallest absolute Gasteiger partial charge is 0.225 e. The minimum Gasteiger partial charge on any atom is -0.370 e. The highest BCUT2D eigenvalue weighted by atomic mass is 15.1. The average molecular weight is 346 g/mol. The van der Waals surface area contributed by atoms with Gasteiger partial charge in [-0.3, -0.25) is 0 Å². The molecule has 0 aliphatic rings. The number of hydrogen-bond acceptors (Lipinski definition) is 4. The third-order valence-corrected chi connectivity index (χ3v) is 4.19. The molecule has 0 aliphatic heterocycles. The van der Waals surface area contributed by atoms with Gasteiger partial charge in [0.25, 0.3) is 0 Å². The molecule has 4 nitrogen and oxygen atoms in total. The molecular formula is C22H26N4. The lowest BCUT2D eigenvalue weighted by atomic mass is 10.1. The van der Waals surface area contributed by atoms with Crippen molar-refractivity contribution in [3.63, 3.8) is 0 Å². The molecule has 1 aromatic heterocycles. The van der Waals surface area contributed by atoms with E-state index in [4.69, 9.17) is 4.98 Å². The lowest BCUT2D eigenvalue weighted by molar-refractivity contribution is 0.687. The molecule has 0 aliphatic carbocycles. The van der Waals surface area contributed by atoms with Crippen LogP contribution in [0.1, 0.15) is 25.0 Å². The molecule has 0 saturated carbocycles. The van der Waals surface area contributed by atoms with Crippen molar-refractivity contribution >= 4 is 11.8 Å². The highest BCUT2D eigenvalue weighted by Gasteiger charge is 2.08. The minimum absolute atomic E-state index is 0.550. The zero-order valence-electron chi connectivity index (χ0n) is 15.7. The second-order valence-electron chi connectivity index (χ2n) is 6.88. The van der Waals surface area contributed by atoms with Gasteiger partial charge in [0.15, 0.2) is 0 Å². The van der Waals surface area contributed by atoms with Crippen LogP contribution in [0.3, 0.4) is 0 Å². The molecule has 3 rings (SSSR count). The predicted octanol–water partition coefficient (Wildman–Crippen LogP) is 5.13. The number of nitrogens with one attached hydrogen (secondary N) is 2. The van der Waals surface area contributed by atoms with Crippen LogP contribution in [0.5, 0.6) is 0 Å². The molecule has 26 heavy (non-hydrogen) atoms. The number of nitrogens with zero attached hydrogens (tertiary/aromatic N) is 2. The Hall–Kier alpha value is -2.88. The van der Waals surface area contributed by atoms with Crippen molar-refractivity contribution < 1.29 is 0 Å². The molecule has 0 atom stereocenters. The molecule has 0 saturated heterocycles. The Kier molecular flexibility index (Phi) is 5.84. The fourth-order valence-corrected chi connectivity index (χ4v) is 2.67. The van der Waals surface area contributed by atoms with E-state index >= 15 is 0 Å². The minimum atomic E-state index is 0.550. The van der Waals surface area contributed by atoms with Crippen molar-refractivity contribution in [2.45, 2.75) is 27.3 Å². The maximum absolute atomic E-state index is 4.71. The first-order valence-corrected chi connectivity index (χ1v) is 9.08. The van der Waals surface area contributed by atoms with Gasteiger partial charge in [0.1, 0.15) is 5.82 Å². The van der Waals surface area contributed by atoms with Crippen LogP contribution in [-0.4, -0.2) is 16.5 Å². The van der Waals surface area contributed by atoms with Crippen LogP contribution in [0.25, 0.3) is 11.3 Å². The molecule has 4 heteroatoms. The summed E-state index contributed by atoms with van der Waals surface area (Å²) in [6, 6.07) is 20.6. The predicted molar refractivity (Wildman–Crippen MR) is 109 cm³/mol. The quantitative estimate of drug-likeness (QED) is 0.622. The highest BCUT2D eigenvalue weighted by Crippen LogP contribution is 2.22. The summed E-state index contributed by atoms with van der Waals surface area (Å²) in [4.78, 5) is 9.36. The van der Waals surface area contributed by atoms with E-state index in [0.717, 1.165) is 23.6 Å². The largest absolute Gasteiger partial charge is 0.370 e. The Bertz CT molecular complexity index is 844. The van der Waals surface area contributed by atoms with E-state index in [1.165, 1.54) is 11.1 Å². The molecule has 2 N–H and O–H groups in total. The first-order valence-electron chi connectivity index (χ1n) is 9.08. The highest BCUT2D eigenvalue weighted by molar-refractivity contribution is 5.64. The molecule has 0 bridgehead atoms. The molecule has 0 amide bonds. The summed E-state index contributed by atoms with van der Waals surface area (Å²) in [5.41, 5.74) is 4.51. The molecule has 0 radical (unpaired) electrons. The van der Waals surface area contributed by atoms with E-state index in [1.54, 1.807) is 0 Å². The fourth-order valence-electron chi connectivity index (χ4n) is 2.67. The van der Waals surface area contributed by atoms with E-state index < -0.39 is 0 Å². The van der Waals surface area contributed by atoms with Gasteiger partial charge >= 0.3 is 0 Å². The van der Waals surface area contributed by atoms with Gasteiger partial charge in [-0.25, -0.2) is 4.98 Å². The number of anilines is 2. The van der Waals surface area contributed by atoms with Crippen molar-refractivity contribution in [3.05, 3.63) is 71.8 Å². The van der Waals surface area contributed by atoms with Crippen molar-refractivity contribution in [1.82, 2.24) is 9.97 Å². The van der Waals surface area contributed by atoms with Gasteiger partial charge < -0.3 is 10.6 Å². The molecule has 134 valence electrons. The van der Waals surface area contributed by atoms with Crippen LogP contribution < -0.4 is 10.6 Å². The third kappa shape index (κ3) is 4.82. The Morgan fingerprint density at radius 2 is 1.62 bits per heavy atom. The molecular weight excluding hydrogens is 320 g/mol. The Balaban J connectivity index is 1.85. The van der Waals surface area contributed by atoms with Crippen LogP contribution in [0.4, 0.5) is 11.8 Å². The maximum Gasteiger partial charge on any atom is 0.225 e. The van der Waals surface area contributed by atoms with Crippen molar-refractivity contribution in [2.24, 2.45) is 5.92 Å². The van der Waals surface area contributed by atoms with Gasteiger partial charge in [-0.15, -0.1) is 0 Å². The lowest BCUT2D eigenvalue weighted by Gasteiger charge is -2.13. The summed E-state index contributed by atoms with van der Waals surface area (Å²) < 4.78 is 0. The van der Waals surface area contributed by atoms with E-state index in [0.29, 0.717) is 18.4 Å². The summed E-state index contributed by atoms with van der Waals surface area (Å²) in [6.45, 7) is 8.07. The summed E-state index contributed by atoms with van der Waals surface area (Å²) in [5.74, 6) is 2.04. The summed E-state index contributed by atoms with van der Waals surface area (Å²) >= 11 is 0. The van der Waals surface area contributed by atoms with Gasteiger partial charge in [0.2, 0.25) is 5.95 Å². The number of rotatable bonds is 7. The number of aryl methyl sites for hydroxylation is 1. The molecule has 2 aromatic carbocycles. The van der Waals surface area contributed by atoms with Crippen LogP contribution in [-0.2, 0) is 6.54 Å². The SMILES string of the molecule is Cc1ccccc1CNc1nc(NCC(C)C)cc(-c2ccccc2)n1. The van der Waals surface area contributed by atoms with Gasteiger partial charge in [0, 0.05) is 24.7 Å². The first kappa shape index (κ1) is 17.9. The zero-order valence-corrected chi connectivity index (χ0v) is 15.7. The number of aromatic nitrogens is 2. The van der Waals surface area contributed by atoms with Gasteiger partial charge in [-0.05, 0) is 24.0 Å². The van der Waals surface area contributed by atoms with Crippen LogP contribution >= 0.6 is 0 Å². The van der Waals surface area contributed by atoms with E-state index in [2.05, 4.69) is 72.8 Å². The normalized spacial score (nSPS) is 10.8. The van der Waals surface area contributed by atoms with Crippen LogP contribution in [0.15, 0.2) is 60.7 Å². The Morgan fingerprint density at radius 3 is 2.35 bits per heavy atom. The molecule has 3 aromatic rings. The van der Waals surface area contributed by atoms with Crippen molar-refractivity contribution in [1.29, 1.82) is 0 Å². The number of benzene rings is 2. The Labute approximate surface area is 155 Å². The summed E-state index contributed by atoms with van der Waals surface area (Å²) in [6.07, 6.45) is 0. The van der Waals surface area contributed by atoms with Gasteiger partial charge in [-0.2, -0.15) is 4.98 Å². The maximum atomic E-state index is 4.71. The first-order chi connectivity index (χ1) is 12.6. The van der Waals surface area contributed by atoms with Crippen LogP contribution in [0.2, 0.25) is 0 Å². The lowest BCUT2D eigenvalue weighted by Crippen LogP contribution is -2.12. The third-order valence-electron chi connectivity index (χ3n) is 4.19. The van der Waals surface area contributed by atoms with Gasteiger partial charge in [0.05, 0.1) is 5.69 Å². The monoisotopic (exact) mass is 346 g/mol. The van der Waals surface area contributed by atoms with Crippen LogP contribution in [0, 0.1) is 12.8 Å². The topological polar surface area (TPSA) is 49.8 Å². The summed E-state index contributed by atoms with van der Waals surface area (Å²) in [5, 5.41) is 6.79. The Morgan fingerprint density at radius 1 is 0.885 bits per heavy atom. The standard InChI is InChI=1S/C22H26N4/c1-16(2)14-23-21-13-20(18-10-5-4-6-11-18)25-22(26-21)24-15-19-12-8-7-9-17(19)3/h4-13,16H,14-15H2,1-3H3,(H2,23,24,25,26). The van der Waals surface area contributed by atoms with Gasteiger partial charge in [-0.1, -0.05) is 68.4 Å². The van der Waals surface area contributed by atoms with E-state index in [-0.39, 0.29) is 0 Å². The molecule has 0 unspecified atom stereocenters. The fraction of sp³-hybridized carbons (Fsp3) is 0.273. The second-order valence-corrected chi connectivity index (χ2v) is 6.88. The average Bonchev–Trinajstić information content (AvgIpc) is 2.66. The van der Waals surface area contributed by atoms with Crippen molar-refractivity contribution in [3.8, 4) is 11.3 Å².